The van der Waals surface area contributed by atoms with Crippen LogP contribution in [0.1, 0.15) is 41.8 Å². The minimum atomic E-state index is -1.31. The Bertz CT molecular complexity index is 1450. The molecular formula is C28H25NO8. The summed E-state index contributed by atoms with van der Waals surface area (Å²) in [5, 5.41) is 20.6. The van der Waals surface area contributed by atoms with Gasteiger partial charge < -0.3 is 24.5 Å². The van der Waals surface area contributed by atoms with Crippen LogP contribution < -0.4 is 9.67 Å². The van der Waals surface area contributed by atoms with Gasteiger partial charge in [-0.15, -0.1) is 0 Å². The number of pyridine rings is 1. The topological polar surface area (TPSA) is 134 Å². The summed E-state index contributed by atoms with van der Waals surface area (Å²) in [5.41, 5.74) is 6.27. The number of rotatable bonds is 7. The van der Waals surface area contributed by atoms with E-state index in [0.29, 0.717) is 27.8 Å². The molecule has 9 nitrogen and oxygen atoms in total. The zero-order valence-corrected chi connectivity index (χ0v) is 20.8. The van der Waals surface area contributed by atoms with Crippen molar-refractivity contribution in [1.82, 2.24) is 0 Å². The molecule has 0 aliphatic heterocycles. The number of carboxylic acid groups (broad SMARTS) is 2. The second-order valence-corrected chi connectivity index (χ2v) is 9.00. The van der Waals surface area contributed by atoms with Crippen LogP contribution in [0.25, 0.3) is 11.1 Å². The number of aliphatic carboxylic acids is 2. The van der Waals surface area contributed by atoms with Gasteiger partial charge in [-0.2, -0.15) is 4.57 Å². The Kier molecular flexibility index (Phi) is 6.80. The molecule has 0 spiro atoms. The number of carbonyl (C=O) groups excluding carboxylic acids is 3. The summed E-state index contributed by atoms with van der Waals surface area (Å²) >= 11 is 0. The molecule has 0 fully saturated rings. The van der Waals surface area contributed by atoms with Crippen LogP contribution in [0.15, 0.2) is 70.6 Å². The lowest BCUT2D eigenvalue weighted by Crippen LogP contribution is -2.44. The van der Waals surface area contributed by atoms with Crippen LogP contribution in [0.4, 0.5) is 0 Å². The van der Waals surface area contributed by atoms with E-state index in [1.165, 1.54) is 25.0 Å². The van der Waals surface area contributed by atoms with Crippen molar-refractivity contribution in [3.05, 3.63) is 87.3 Å². The van der Waals surface area contributed by atoms with Crippen LogP contribution in [-0.4, -0.2) is 43.2 Å². The van der Waals surface area contributed by atoms with Gasteiger partial charge in [-0.05, 0) is 53.4 Å². The monoisotopic (exact) mass is 503 g/mol. The second kappa shape index (κ2) is 9.85. The number of fused-ring (bicyclic) bond motifs is 2. The molecule has 1 N–H and O–H groups in total. The third kappa shape index (κ3) is 4.80. The van der Waals surface area contributed by atoms with E-state index in [1.807, 2.05) is 38.2 Å². The molecule has 4 rings (SSSR count). The fourth-order valence-electron chi connectivity index (χ4n) is 5.02. The summed E-state index contributed by atoms with van der Waals surface area (Å²) in [6, 6.07) is 0. The maximum absolute atomic E-state index is 12.6. The minimum absolute atomic E-state index is 0.187. The van der Waals surface area contributed by atoms with E-state index in [2.05, 4.69) is 0 Å². The van der Waals surface area contributed by atoms with Crippen LogP contribution in [0.3, 0.4) is 0 Å². The molecule has 1 aromatic heterocycles. The summed E-state index contributed by atoms with van der Waals surface area (Å²) in [6.07, 6.45) is 12.0. The number of esters is 2. The third-order valence-corrected chi connectivity index (χ3v) is 6.43. The van der Waals surface area contributed by atoms with E-state index in [4.69, 9.17) is 9.47 Å². The average molecular weight is 504 g/mol. The Morgan fingerprint density at radius 3 is 2.38 bits per heavy atom. The lowest BCUT2D eigenvalue weighted by molar-refractivity contribution is -0.691. The number of ether oxygens (including phenoxy) is 2. The van der Waals surface area contributed by atoms with E-state index in [1.54, 1.807) is 12.3 Å². The SMILES string of the molecule is COC(=O)C1=CC(CC(=O)O)C=C2C(/C=C3\C=C(C)c4c(C(=O)OC)c[n+](CC(=O)[O-])cc43)=CC(C)=C12. The van der Waals surface area contributed by atoms with Gasteiger partial charge in [-0.1, -0.05) is 24.3 Å². The summed E-state index contributed by atoms with van der Waals surface area (Å²) in [4.78, 5) is 47.8. The zero-order valence-electron chi connectivity index (χ0n) is 20.8. The van der Waals surface area contributed by atoms with Gasteiger partial charge in [0.25, 0.3) is 0 Å². The molecular weight excluding hydrogens is 478 g/mol. The quantitative estimate of drug-likeness (QED) is 0.439. The van der Waals surface area contributed by atoms with Crippen LogP contribution in [0, 0.1) is 5.92 Å². The van der Waals surface area contributed by atoms with Crippen LogP contribution in [0.2, 0.25) is 0 Å². The Balaban J connectivity index is 1.83. The number of methoxy groups -OCH3 is 2. The number of nitrogens with zero attached hydrogens (tertiary/aromatic N) is 1. The van der Waals surface area contributed by atoms with Gasteiger partial charge in [0.15, 0.2) is 18.9 Å². The molecule has 1 aromatic rings. The molecule has 37 heavy (non-hydrogen) atoms. The molecule has 9 heteroatoms. The highest BCUT2D eigenvalue weighted by atomic mass is 16.5. The minimum Gasteiger partial charge on any atom is -0.544 e. The predicted molar refractivity (Wildman–Crippen MR) is 129 cm³/mol. The number of hydrogen-bond acceptors (Lipinski definition) is 7. The van der Waals surface area contributed by atoms with Crippen LogP contribution in [-0.2, 0) is 30.4 Å². The van der Waals surface area contributed by atoms with Gasteiger partial charge in [0.1, 0.15) is 11.5 Å². The molecule has 0 saturated carbocycles. The van der Waals surface area contributed by atoms with Crippen molar-refractivity contribution in [2.45, 2.75) is 26.8 Å². The maximum Gasteiger partial charge on any atom is 0.344 e. The normalized spacial score (nSPS) is 18.9. The van der Waals surface area contributed by atoms with E-state index in [-0.39, 0.29) is 12.0 Å². The molecule has 0 saturated heterocycles. The highest BCUT2D eigenvalue weighted by Gasteiger charge is 2.33. The molecule has 3 aliphatic carbocycles. The molecule has 0 amide bonds. The number of carbonyl (C=O) groups is 4. The van der Waals surface area contributed by atoms with Crippen molar-refractivity contribution in [1.29, 1.82) is 0 Å². The molecule has 1 atom stereocenters. The van der Waals surface area contributed by atoms with Crippen molar-refractivity contribution in [2.24, 2.45) is 5.92 Å². The van der Waals surface area contributed by atoms with Crippen molar-refractivity contribution in [3.8, 4) is 0 Å². The summed E-state index contributed by atoms with van der Waals surface area (Å²) in [5.74, 6) is -3.97. The van der Waals surface area contributed by atoms with Gasteiger partial charge >= 0.3 is 17.9 Å². The Morgan fingerprint density at radius 2 is 1.76 bits per heavy atom. The largest absolute Gasteiger partial charge is 0.544 e. The maximum atomic E-state index is 12.6. The lowest BCUT2D eigenvalue weighted by atomic mass is 9.83. The number of aromatic nitrogens is 1. The molecule has 3 aliphatic rings. The summed E-state index contributed by atoms with van der Waals surface area (Å²) < 4.78 is 11.2. The third-order valence-electron chi connectivity index (χ3n) is 6.43. The van der Waals surface area contributed by atoms with Gasteiger partial charge in [0.2, 0.25) is 0 Å². The van der Waals surface area contributed by atoms with Gasteiger partial charge in [0.05, 0.1) is 31.8 Å². The Labute approximate surface area is 213 Å². The lowest BCUT2D eigenvalue weighted by Gasteiger charge is -2.21. The first kappa shape index (κ1) is 25.6. The Hall–Kier alpha value is -4.53. The molecule has 1 unspecified atom stereocenters. The summed E-state index contributed by atoms with van der Waals surface area (Å²) in [6.45, 7) is 3.25. The van der Waals surface area contributed by atoms with E-state index < -0.39 is 36.3 Å². The standard InChI is InChI=1S/C28H25NO8/c1-14-5-17(19-7-16(9-23(30)31)8-20(25(14)19)27(34)36-3)10-18-6-15(2)26-21(18)11-29(13-24(32)33)12-22(26)28(35)37-4/h5-8,10-12,16H,9,13H2,1-4H3,(H-,30,31,32,33)/b18-10+. The highest BCUT2D eigenvalue weighted by molar-refractivity contribution is 6.04. The van der Waals surface area contributed by atoms with Gasteiger partial charge in [0, 0.05) is 11.5 Å². The van der Waals surface area contributed by atoms with Crippen molar-refractivity contribution in [2.75, 3.05) is 14.2 Å². The molecule has 0 aromatic carbocycles. The van der Waals surface area contributed by atoms with Crippen molar-refractivity contribution >= 4 is 35.0 Å². The molecule has 0 bridgehead atoms. The van der Waals surface area contributed by atoms with E-state index >= 15 is 0 Å². The molecule has 190 valence electrons. The Morgan fingerprint density at radius 1 is 1.05 bits per heavy atom. The molecule has 1 heterocycles. The predicted octanol–water partition coefficient (Wildman–Crippen LogP) is 1.70. The fourth-order valence-corrected chi connectivity index (χ4v) is 5.02. The summed E-state index contributed by atoms with van der Waals surface area (Å²) in [7, 11) is 2.53. The van der Waals surface area contributed by atoms with E-state index in [0.717, 1.165) is 22.3 Å². The first-order chi connectivity index (χ1) is 17.5. The number of carboxylic acids is 2. The second-order valence-electron chi connectivity index (χ2n) is 9.00. The first-order valence-corrected chi connectivity index (χ1v) is 11.5. The van der Waals surface area contributed by atoms with Crippen molar-refractivity contribution in [3.63, 3.8) is 0 Å². The zero-order chi connectivity index (χ0) is 27.0. The van der Waals surface area contributed by atoms with Gasteiger partial charge in [-0.3, -0.25) is 4.79 Å². The van der Waals surface area contributed by atoms with E-state index in [9.17, 15) is 29.4 Å². The number of hydrogen-bond donors (Lipinski definition) is 1. The van der Waals surface area contributed by atoms with Crippen molar-refractivity contribution < 1.29 is 43.4 Å². The first-order valence-electron chi connectivity index (χ1n) is 11.5. The fraction of sp³-hybridized carbons (Fsp3) is 0.250. The smallest absolute Gasteiger partial charge is 0.344 e. The number of allylic oxidation sites excluding steroid dienone is 10. The van der Waals surface area contributed by atoms with Gasteiger partial charge in [-0.25, -0.2) is 9.59 Å². The molecule has 0 radical (unpaired) electrons. The average Bonchev–Trinajstić information content (AvgIpc) is 3.32. The van der Waals surface area contributed by atoms with Crippen LogP contribution in [0.5, 0.6) is 0 Å². The van der Waals surface area contributed by atoms with Crippen LogP contribution >= 0.6 is 0 Å². The highest BCUT2D eigenvalue weighted by Crippen LogP contribution is 2.44.